The predicted octanol–water partition coefficient (Wildman–Crippen LogP) is -1.16. The standard InChI is InChI=1S/C16H21N3O3/c20-15(12-17-8-10-22-11-9-17)18-6-7-19(13-18)16(21)14-4-2-1-3-5-14/h1-5H,6-13H2/p+1. The Kier molecular flexibility index (Phi) is 4.70. The molecule has 3 rings (SSSR count). The number of benzene rings is 1. The van der Waals surface area contributed by atoms with Crippen molar-refractivity contribution in [1.29, 1.82) is 0 Å². The molecular formula is C16H22N3O3+. The monoisotopic (exact) mass is 304 g/mol. The maximum atomic E-state index is 12.4. The number of quaternary nitrogens is 1. The Bertz CT molecular complexity index is 529. The van der Waals surface area contributed by atoms with Gasteiger partial charge in [0.05, 0.1) is 19.9 Å². The van der Waals surface area contributed by atoms with Crippen LogP contribution in [-0.2, 0) is 9.53 Å². The van der Waals surface area contributed by atoms with Gasteiger partial charge in [-0.1, -0.05) is 18.2 Å². The van der Waals surface area contributed by atoms with Crippen molar-refractivity contribution >= 4 is 11.8 Å². The molecule has 0 radical (unpaired) electrons. The first-order chi connectivity index (χ1) is 10.7. The van der Waals surface area contributed by atoms with E-state index in [9.17, 15) is 9.59 Å². The molecule has 0 aromatic heterocycles. The van der Waals surface area contributed by atoms with Crippen LogP contribution in [0.1, 0.15) is 10.4 Å². The molecule has 0 spiro atoms. The van der Waals surface area contributed by atoms with Gasteiger partial charge in [0.2, 0.25) is 0 Å². The minimum atomic E-state index is -0.00498. The van der Waals surface area contributed by atoms with Gasteiger partial charge in [0.25, 0.3) is 11.8 Å². The van der Waals surface area contributed by atoms with Gasteiger partial charge >= 0.3 is 0 Å². The number of hydrogen-bond donors (Lipinski definition) is 1. The molecule has 22 heavy (non-hydrogen) atoms. The first-order valence-corrected chi connectivity index (χ1v) is 7.77. The second kappa shape index (κ2) is 6.89. The summed E-state index contributed by atoms with van der Waals surface area (Å²) in [5.41, 5.74) is 0.676. The number of morpholine rings is 1. The van der Waals surface area contributed by atoms with E-state index < -0.39 is 0 Å². The third-order valence-electron chi connectivity index (χ3n) is 4.24. The number of nitrogens with one attached hydrogen (secondary N) is 1. The Balaban J connectivity index is 1.53. The predicted molar refractivity (Wildman–Crippen MR) is 80.4 cm³/mol. The fourth-order valence-corrected chi connectivity index (χ4v) is 2.88. The van der Waals surface area contributed by atoms with Crippen LogP contribution in [0.25, 0.3) is 0 Å². The summed E-state index contributed by atoms with van der Waals surface area (Å²) in [6.07, 6.45) is 0. The fraction of sp³-hybridized carbons (Fsp3) is 0.500. The lowest BCUT2D eigenvalue weighted by Crippen LogP contribution is -3.15. The van der Waals surface area contributed by atoms with Crippen LogP contribution < -0.4 is 4.90 Å². The summed E-state index contributed by atoms with van der Waals surface area (Å²) in [6, 6.07) is 9.22. The van der Waals surface area contributed by atoms with Gasteiger partial charge < -0.3 is 19.4 Å². The van der Waals surface area contributed by atoms with Gasteiger partial charge in [-0.15, -0.1) is 0 Å². The molecule has 1 N–H and O–H groups in total. The quantitative estimate of drug-likeness (QED) is 0.767. The molecule has 6 nitrogen and oxygen atoms in total. The van der Waals surface area contributed by atoms with E-state index in [1.165, 1.54) is 4.90 Å². The van der Waals surface area contributed by atoms with Crippen molar-refractivity contribution in [3.63, 3.8) is 0 Å². The molecule has 2 aliphatic heterocycles. The molecule has 2 amide bonds. The molecule has 2 fully saturated rings. The lowest BCUT2D eigenvalue weighted by atomic mass is 10.2. The maximum absolute atomic E-state index is 12.4. The second-order valence-corrected chi connectivity index (χ2v) is 5.77. The number of amides is 2. The Hall–Kier alpha value is -1.92. The van der Waals surface area contributed by atoms with Gasteiger partial charge in [0.1, 0.15) is 13.1 Å². The Labute approximate surface area is 130 Å². The average molecular weight is 304 g/mol. The lowest BCUT2D eigenvalue weighted by molar-refractivity contribution is -0.900. The molecule has 0 aliphatic carbocycles. The highest BCUT2D eigenvalue weighted by molar-refractivity contribution is 5.94. The molecule has 0 bridgehead atoms. The van der Waals surface area contributed by atoms with E-state index in [1.54, 1.807) is 9.80 Å². The summed E-state index contributed by atoms with van der Waals surface area (Å²) in [5.74, 6) is 0.120. The van der Waals surface area contributed by atoms with E-state index in [4.69, 9.17) is 4.74 Å². The Morgan fingerprint density at radius 2 is 1.73 bits per heavy atom. The highest BCUT2D eigenvalue weighted by atomic mass is 16.5. The number of carbonyl (C=O) groups excluding carboxylic acids is 2. The molecule has 118 valence electrons. The van der Waals surface area contributed by atoms with Crippen molar-refractivity contribution in [2.75, 3.05) is 52.6 Å². The molecule has 0 saturated carbocycles. The van der Waals surface area contributed by atoms with Gasteiger partial charge in [-0.2, -0.15) is 0 Å². The number of ether oxygens (including phenoxy) is 1. The first kappa shape index (κ1) is 15.0. The molecule has 0 atom stereocenters. The summed E-state index contributed by atoms with van der Waals surface area (Å²) in [7, 11) is 0. The number of rotatable bonds is 3. The van der Waals surface area contributed by atoms with E-state index in [0.29, 0.717) is 31.9 Å². The van der Waals surface area contributed by atoms with Crippen molar-refractivity contribution in [3.8, 4) is 0 Å². The van der Waals surface area contributed by atoms with Crippen molar-refractivity contribution in [2.24, 2.45) is 0 Å². The van der Waals surface area contributed by atoms with Gasteiger partial charge in [0, 0.05) is 18.7 Å². The van der Waals surface area contributed by atoms with Crippen molar-refractivity contribution in [3.05, 3.63) is 35.9 Å². The minimum Gasteiger partial charge on any atom is -0.370 e. The maximum Gasteiger partial charge on any atom is 0.279 e. The summed E-state index contributed by atoms with van der Waals surface area (Å²) in [6.45, 7) is 5.34. The van der Waals surface area contributed by atoms with Gasteiger partial charge in [-0.05, 0) is 12.1 Å². The highest BCUT2D eigenvalue weighted by Gasteiger charge is 2.30. The van der Waals surface area contributed by atoms with Crippen LogP contribution in [0.15, 0.2) is 30.3 Å². The van der Waals surface area contributed by atoms with Gasteiger partial charge in [-0.25, -0.2) is 0 Å². The van der Waals surface area contributed by atoms with E-state index in [0.717, 1.165) is 26.3 Å². The zero-order chi connectivity index (χ0) is 15.4. The molecule has 1 aromatic carbocycles. The number of hydrogen-bond acceptors (Lipinski definition) is 3. The lowest BCUT2D eigenvalue weighted by Gasteiger charge is -2.25. The van der Waals surface area contributed by atoms with Crippen molar-refractivity contribution in [1.82, 2.24) is 9.80 Å². The third kappa shape index (κ3) is 3.45. The summed E-state index contributed by atoms with van der Waals surface area (Å²) < 4.78 is 5.31. The van der Waals surface area contributed by atoms with Crippen molar-refractivity contribution < 1.29 is 19.2 Å². The van der Waals surface area contributed by atoms with Crippen LogP contribution in [0.5, 0.6) is 0 Å². The smallest absolute Gasteiger partial charge is 0.279 e. The average Bonchev–Trinajstić information content (AvgIpc) is 3.06. The molecule has 2 saturated heterocycles. The summed E-state index contributed by atoms with van der Waals surface area (Å²) in [4.78, 5) is 29.5. The van der Waals surface area contributed by atoms with Crippen LogP contribution in [0.3, 0.4) is 0 Å². The molecule has 2 aliphatic rings. The van der Waals surface area contributed by atoms with E-state index in [2.05, 4.69) is 0 Å². The Morgan fingerprint density at radius 3 is 2.45 bits per heavy atom. The number of nitrogens with zero attached hydrogens (tertiary/aromatic N) is 2. The van der Waals surface area contributed by atoms with Crippen LogP contribution >= 0.6 is 0 Å². The van der Waals surface area contributed by atoms with Crippen LogP contribution in [0.4, 0.5) is 0 Å². The minimum absolute atomic E-state index is 0.00498. The summed E-state index contributed by atoms with van der Waals surface area (Å²) >= 11 is 0. The molecule has 0 unspecified atom stereocenters. The SMILES string of the molecule is O=C(C[NH+]1CCOCC1)N1CCN(C(=O)c2ccccc2)C1. The van der Waals surface area contributed by atoms with Gasteiger partial charge in [0.15, 0.2) is 6.54 Å². The van der Waals surface area contributed by atoms with E-state index in [-0.39, 0.29) is 11.8 Å². The molecule has 1 aromatic rings. The van der Waals surface area contributed by atoms with Crippen LogP contribution in [0, 0.1) is 0 Å². The van der Waals surface area contributed by atoms with Crippen molar-refractivity contribution in [2.45, 2.75) is 0 Å². The highest BCUT2D eigenvalue weighted by Crippen LogP contribution is 2.10. The largest absolute Gasteiger partial charge is 0.370 e. The van der Waals surface area contributed by atoms with Crippen LogP contribution in [-0.4, -0.2) is 74.2 Å². The first-order valence-electron chi connectivity index (χ1n) is 7.77. The molecule has 6 heteroatoms. The topological polar surface area (TPSA) is 54.3 Å². The normalized spacial score (nSPS) is 19.5. The van der Waals surface area contributed by atoms with Gasteiger partial charge in [-0.3, -0.25) is 9.59 Å². The van der Waals surface area contributed by atoms with E-state index in [1.807, 2.05) is 30.3 Å². The third-order valence-corrected chi connectivity index (χ3v) is 4.24. The fourth-order valence-electron chi connectivity index (χ4n) is 2.88. The second-order valence-electron chi connectivity index (χ2n) is 5.77. The molecule has 2 heterocycles. The molecular weight excluding hydrogens is 282 g/mol. The zero-order valence-electron chi connectivity index (χ0n) is 12.7. The summed E-state index contributed by atoms with van der Waals surface area (Å²) in [5, 5.41) is 0. The number of carbonyl (C=O) groups is 2. The zero-order valence-corrected chi connectivity index (χ0v) is 12.7. The van der Waals surface area contributed by atoms with Crippen LogP contribution in [0.2, 0.25) is 0 Å². The Morgan fingerprint density at radius 1 is 1.05 bits per heavy atom. The van der Waals surface area contributed by atoms with E-state index >= 15 is 0 Å².